The Morgan fingerprint density at radius 3 is 2.47 bits per heavy atom. The van der Waals surface area contributed by atoms with Crippen LogP contribution in [0.5, 0.6) is 0 Å². The summed E-state index contributed by atoms with van der Waals surface area (Å²) in [6.07, 6.45) is 0. The Labute approximate surface area is 106 Å². The molecule has 0 fully saturated rings. The van der Waals surface area contributed by atoms with Crippen LogP contribution in [0.3, 0.4) is 0 Å². The molecule has 0 heterocycles. The van der Waals surface area contributed by atoms with E-state index < -0.39 is 9.09 Å². The van der Waals surface area contributed by atoms with Crippen molar-refractivity contribution in [3.63, 3.8) is 0 Å². The number of carboxylic acid groups (broad SMARTS) is 1. The number of nitrogens with one attached hydrogen (secondary N) is 1. The average Bonchev–Trinajstić information content (AvgIpc) is 2.14. The Morgan fingerprint density at radius 1 is 1.33 bits per heavy atom. The first-order valence-electron chi connectivity index (χ1n) is 3.73. The maximum absolute atomic E-state index is 10.8. The number of aromatic carboxylic acids is 1. The molecule has 3 nitrogen and oxygen atoms in total. The lowest BCUT2D eigenvalue weighted by atomic mass is 10.2. The normalized spacial score (nSPS) is 11.1. The van der Waals surface area contributed by atoms with Crippen molar-refractivity contribution in [3.05, 3.63) is 29.8 Å². The SMILES string of the molecule is O=C(O)c1ccccc1NSC(Cl)(Cl)Cl. The van der Waals surface area contributed by atoms with Gasteiger partial charge in [0.25, 0.3) is 3.12 Å². The van der Waals surface area contributed by atoms with Crippen LogP contribution in [-0.4, -0.2) is 14.2 Å². The van der Waals surface area contributed by atoms with E-state index in [0.717, 1.165) is 11.9 Å². The quantitative estimate of drug-likeness (QED) is 0.656. The van der Waals surface area contributed by atoms with E-state index in [0.29, 0.717) is 5.69 Å². The van der Waals surface area contributed by atoms with Crippen molar-refractivity contribution in [3.8, 4) is 0 Å². The number of carboxylic acids is 1. The third kappa shape index (κ3) is 4.38. The zero-order chi connectivity index (χ0) is 11.5. The lowest BCUT2D eigenvalue weighted by Crippen LogP contribution is -2.05. The predicted molar refractivity (Wildman–Crippen MR) is 64.9 cm³/mol. The van der Waals surface area contributed by atoms with Crippen LogP contribution in [0.2, 0.25) is 0 Å². The molecule has 1 aromatic rings. The topological polar surface area (TPSA) is 49.3 Å². The third-order valence-corrected chi connectivity index (χ3v) is 2.68. The Morgan fingerprint density at radius 2 is 1.93 bits per heavy atom. The van der Waals surface area contributed by atoms with Crippen LogP contribution < -0.4 is 4.72 Å². The first-order chi connectivity index (χ1) is 6.90. The first kappa shape index (κ1) is 12.8. The van der Waals surface area contributed by atoms with Crippen LogP contribution >= 0.6 is 46.8 Å². The van der Waals surface area contributed by atoms with Gasteiger partial charge in [0.1, 0.15) is 0 Å². The summed E-state index contributed by atoms with van der Waals surface area (Å²) in [5.74, 6) is -1.04. The molecule has 0 saturated heterocycles. The lowest BCUT2D eigenvalue weighted by Gasteiger charge is -2.13. The molecule has 7 heteroatoms. The van der Waals surface area contributed by atoms with Crippen molar-refractivity contribution in [1.29, 1.82) is 0 Å². The molecule has 15 heavy (non-hydrogen) atoms. The van der Waals surface area contributed by atoms with Crippen molar-refractivity contribution in [2.45, 2.75) is 3.12 Å². The van der Waals surface area contributed by atoms with Crippen molar-refractivity contribution in [2.24, 2.45) is 0 Å². The monoisotopic (exact) mass is 285 g/mol. The smallest absolute Gasteiger partial charge is 0.337 e. The van der Waals surface area contributed by atoms with E-state index in [4.69, 9.17) is 39.9 Å². The second-order valence-corrected chi connectivity index (χ2v) is 6.47. The van der Waals surface area contributed by atoms with Gasteiger partial charge >= 0.3 is 5.97 Å². The van der Waals surface area contributed by atoms with E-state index in [1.807, 2.05) is 0 Å². The fraction of sp³-hybridized carbons (Fsp3) is 0.125. The maximum atomic E-state index is 10.8. The number of para-hydroxylation sites is 1. The second-order valence-electron chi connectivity index (χ2n) is 2.50. The zero-order valence-electron chi connectivity index (χ0n) is 7.21. The molecule has 0 spiro atoms. The summed E-state index contributed by atoms with van der Waals surface area (Å²) in [5.41, 5.74) is 0.514. The Bertz CT molecular complexity index is 367. The fourth-order valence-corrected chi connectivity index (χ4v) is 1.62. The largest absolute Gasteiger partial charge is 0.478 e. The number of alkyl halides is 3. The summed E-state index contributed by atoms with van der Waals surface area (Å²) in [7, 11) is 0. The van der Waals surface area contributed by atoms with Crippen LogP contribution in [0.15, 0.2) is 24.3 Å². The summed E-state index contributed by atoms with van der Waals surface area (Å²) >= 11 is 17.3. The summed E-state index contributed by atoms with van der Waals surface area (Å²) in [5, 5.41) is 8.85. The minimum Gasteiger partial charge on any atom is -0.478 e. The van der Waals surface area contributed by atoms with Gasteiger partial charge in [-0.15, -0.1) is 0 Å². The number of hydrogen-bond donors (Lipinski definition) is 2. The molecule has 1 aromatic carbocycles. The molecule has 0 aliphatic carbocycles. The number of benzene rings is 1. The van der Waals surface area contributed by atoms with Crippen LogP contribution in [0.25, 0.3) is 0 Å². The van der Waals surface area contributed by atoms with E-state index in [-0.39, 0.29) is 5.56 Å². The number of carbonyl (C=O) groups is 1. The number of anilines is 1. The molecule has 0 atom stereocenters. The van der Waals surface area contributed by atoms with Crippen LogP contribution in [0.4, 0.5) is 5.69 Å². The van der Waals surface area contributed by atoms with Crippen molar-refractivity contribution in [2.75, 3.05) is 4.72 Å². The molecule has 0 saturated carbocycles. The highest BCUT2D eigenvalue weighted by Gasteiger charge is 2.21. The van der Waals surface area contributed by atoms with Gasteiger partial charge in [-0.3, -0.25) is 0 Å². The van der Waals surface area contributed by atoms with E-state index >= 15 is 0 Å². The van der Waals surface area contributed by atoms with Gasteiger partial charge in [0, 0.05) is 11.9 Å². The molecule has 0 unspecified atom stereocenters. The Hall–Kier alpha value is -0.290. The third-order valence-electron chi connectivity index (χ3n) is 1.43. The van der Waals surface area contributed by atoms with Crippen molar-refractivity contribution < 1.29 is 9.90 Å². The minimum atomic E-state index is -1.54. The van der Waals surface area contributed by atoms with Crippen molar-refractivity contribution in [1.82, 2.24) is 0 Å². The molecule has 2 N–H and O–H groups in total. The van der Waals surface area contributed by atoms with E-state index in [1.165, 1.54) is 6.07 Å². The second kappa shape index (κ2) is 5.16. The van der Waals surface area contributed by atoms with Crippen LogP contribution in [0.1, 0.15) is 10.4 Å². The zero-order valence-corrected chi connectivity index (χ0v) is 10.3. The lowest BCUT2D eigenvalue weighted by molar-refractivity contribution is 0.0698. The Kier molecular flexibility index (Phi) is 4.40. The molecular formula is C8H6Cl3NO2S. The van der Waals surface area contributed by atoms with Crippen molar-refractivity contribution >= 4 is 58.4 Å². The molecule has 0 amide bonds. The van der Waals surface area contributed by atoms with Crippen LogP contribution in [-0.2, 0) is 0 Å². The molecular weight excluding hydrogens is 281 g/mol. The van der Waals surface area contributed by atoms with Gasteiger partial charge in [0.15, 0.2) is 0 Å². The van der Waals surface area contributed by atoms with Gasteiger partial charge in [0.05, 0.1) is 11.3 Å². The minimum absolute atomic E-state index is 0.124. The summed E-state index contributed by atoms with van der Waals surface area (Å²) < 4.78 is 1.14. The van der Waals surface area contributed by atoms with Gasteiger partial charge in [-0.1, -0.05) is 46.9 Å². The van der Waals surface area contributed by atoms with Gasteiger partial charge in [0.2, 0.25) is 0 Å². The molecule has 0 aliphatic heterocycles. The van der Waals surface area contributed by atoms with Gasteiger partial charge < -0.3 is 9.83 Å². The van der Waals surface area contributed by atoms with Crippen LogP contribution in [0, 0.1) is 0 Å². The fourth-order valence-electron chi connectivity index (χ4n) is 0.871. The molecule has 1 rings (SSSR count). The van der Waals surface area contributed by atoms with Gasteiger partial charge in [-0.05, 0) is 12.1 Å². The molecule has 82 valence electrons. The number of hydrogen-bond acceptors (Lipinski definition) is 3. The molecule has 0 radical (unpaired) electrons. The molecule has 0 bridgehead atoms. The average molecular weight is 287 g/mol. The Balaban J connectivity index is 2.81. The summed E-state index contributed by atoms with van der Waals surface area (Å²) in [6, 6.07) is 6.36. The summed E-state index contributed by atoms with van der Waals surface area (Å²) in [4.78, 5) is 10.8. The highest BCUT2D eigenvalue weighted by Crippen LogP contribution is 2.39. The standard InChI is InChI=1S/C8H6Cl3NO2S/c9-8(10,11)15-12-6-4-2-1-3-5(6)7(13)14/h1-4,12H,(H,13,14). The number of rotatable bonds is 3. The molecule has 0 aliphatic rings. The summed E-state index contributed by atoms with van der Waals surface area (Å²) in [6.45, 7) is 0. The predicted octanol–water partition coefficient (Wildman–Crippen LogP) is 3.77. The van der Waals surface area contributed by atoms with E-state index in [1.54, 1.807) is 18.2 Å². The van der Waals surface area contributed by atoms with Gasteiger partial charge in [-0.25, -0.2) is 4.79 Å². The molecule has 0 aromatic heterocycles. The maximum Gasteiger partial charge on any atom is 0.337 e. The highest BCUT2D eigenvalue weighted by atomic mass is 35.6. The number of halogens is 3. The first-order valence-corrected chi connectivity index (χ1v) is 5.68. The van der Waals surface area contributed by atoms with E-state index in [2.05, 4.69) is 4.72 Å². The highest BCUT2D eigenvalue weighted by molar-refractivity contribution is 8.05. The van der Waals surface area contributed by atoms with Gasteiger partial charge in [-0.2, -0.15) is 0 Å². The van der Waals surface area contributed by atoms with E-state index in [9.17, 15) is 4.79 Å².